The Kier molecular flexibility index (Phi) is 3.61. The monoisotopic (exact) mass is 215 g/mol. The molecule has 0 radical (unpaired) electrons. The van der Waals surface area contributed by atoms with Crippen molar-refractivity contribution < 1.29 is 9.18 Å². The van der Waals surface area contributed by atoms with E-state index in [0.717, 1.165) is 6.07 Å². The van der Waals surface area contributed by atoms with Gasteiger partial charge in [0.05, 0.1) is 11.6 Å². The molecule has 0 saturated carbocycles. The third kappa shape index (κ3) is 2.79. The summed E-state index contributed by atoms with van der Waals surface area (Å²) in [6.45, 7) is 0.269. The number of likely N-dealkylation sites (N-methyl/N-ethyl adjacent to an activating group) is 1. The topological polar surface area (TPSA) is 20.3 Å². The van der Waals surface area contributed by atoms with Gasteiger partial charge in [-0.25, -0.2) is 4.39 Å². The molecule has 4 heteroatoms. The van der Waals surface area contributed by atoms with Gasteiger partial charge >= 0.3 is 0 Å². The van der Waals surface area contributed by atoms with Gasteiger partial charge in [-0.05, 0) is 32.3 Å². The van der Waals surface area contributed by atoms with Crippen LogP contribution in [0.25, 0.3) is 0 Å². The highest BCUT2D eigenvalue weighted by Gasteiger charge is 2.11. The number of halogens is 2. The molecule has 2 nitrogen and oxygen atoms in total. The highest BCUT2D eigenvalue weighted by molar-refractivity contribution is 6.34. The number of rotatable bonds is 3. The van der Waals surface area contributed by atoms with E-state index in [0.29, 0.717) is 5.56 Å². The molecule has 0 aliphatic carbocycles. The van der Waals surface area contributed by atoms with Crippen LogP contribution < -0.4 is 0 Å². The van der Waals surface area contributed by atoms with E-state index in [1.165, 1.54) is 12.1 Å². The molecule has 14 heavy (non-hydrogen) atoms. The molecule has 0 amide bonds. The second-order valence-corrected chi connectivity index (χ2v) is 3.69. The van der Waals surface area contributed by atoms with Gasteiger partial charge in [0.15, 0.2) is 5.78 Å². The number of ketones is 1. The van der Waals surface area contributed by atoms with E-state index in [4.69, 9.17) is 11.6 Å². The minimum absolute atomic E-state index is 0.111. The molecule has 0 saturated heterocycles. The lowest BCUT2D eigenvalue weighted by atomic mass is 10.1. The molecule has 0 aliphatic rings. The summed E-state index contributed by atoms with van der Waals surface area (Å²) < 4.78 is 12.7. The molecule has 0 unspecified atom stereocenters. The normalized spacial score (nSPS) is 10.6. The summed E-state index contributed by atoms with van der Waals surface area (Å²) in [5.41, 5.74) is 0.363. The molecule has 0 spiro atoms. The molecule has 0 atom stereocenters. The van der Waals surface area contributed by atoms with E-state index in [9.17, 15) is 9.18 Å². The van der Waals surface area contributed by atoms with Gasteiger partial charge in [0, 0.05) is 5.56 Å². The minimum Gasteiger partial charge on any atom is -0.302 e. The van der Waals surface area contributed by atoms with Gasteiger partial charge in [-0.1, -0.05) is 11.6 Å². The van der Waals surface area contributed by atoms with Crippen molar-refractivity contribution >= 4 is 17.4 Å². The van der Waals surface area contributed by atoms with E-state index in [-0.39, 0.29) is 17.4 Å². The first kappa shape index (κ1) is 11.1. The second-order valence-electron chi connectivity index (χ2n) is 3.29. The zero-order valence-electron chi connectivity index (χ0n) is 8.05. The lowest BCUT2D eigenvalue weighted by Crippen LogP contribution is -2.21. The van der Waals surface area contributed by atoms with Crippen molar-refractivity contribution in [2.75, 3.05) is 20.6 Å². The van der Waals surface area contributed by atoms with Crippen LogP contribution in [-0.4, -0.2) is 31.3 Å². The molecular formula is C10H11ClFNO. The Labute approximate surface area is 87.3 Å². The fourth-order valence-electron chi connectivity index (χ4n) is 1.09. The summed E-state index contributed by atoms with van der Waals surface area (Å²) in [5, 5.41) is 0.164. The van der Waals surface area contributed by atoms with Crippen molar-refractivity contribution in [1.29, 1.82) is 0 Å². The largest absolute Gasteiger partial charge is 0.302 e. The first-order valence-electron chi connectivity index (χ1n) is 4.13. The summed E-state index contributed by atoms with van der Waals surface area (Å²) in [6, 6.07) is 3.78. The number of nitrogens with zero attached hydrogens (tertiary/aromatic N) is 1. The highest BCUT2D eigenvalue weighted by atomic mass is 35.5. The fraction of sp³-hybridized carbons (Fsp3) is 0.300. The molecule has 1 aromatic carbocycles. The van der Waals surface area contributed by atoms with Crippen LogP contribution in [0.4, 0.5) is 4.39 Å². The van der Waals surface area contributed by atoms with Crippen molar-refractivity contribution in [3.05, 3.63) is 34.6 Å². The van der Waals surface area contributed by atoms with Gasteiger partial charge in [0.25, 0.3) is 0 Å². The molecule has 0 bridgehead atoms. The SMILES string of the molecule is CN(C)CC(=O)c1ccc(F)cc1Cl. The van der Waals surface area contributed by atoms with E-state index in [1.807, 2.05) is 0 Å². The lowest BCUT2D eigenvalue weighted by molar-refractivity contribution is 0.0958. The van der Waals surface area contributed by atoms with Crippen LogP contribution in [0.5, 0.6) is 0 Å². The minimum atomic E-state index is -0.434. The number of Topliss-reactive ketones (excluding diaryl/α,β-unsaturated/α-hetero) is 1. The zero-order valence-corrected chi connectivity index (χ0v) is 8.81. The van der Waals surface area contributed by atoms with Crippen LogP contribution in [0.3, 0.4) is 0 Å². The molecule has 0 N–H and O–H groups in total. The van der Waals surface area contributed by atoms with Crippen molar-refractivity contribution in [2.24, 2.45) is 0 Å². The molecule has 1 aromatic rings. The predicted molar refractivity (Wildman–Crippen MR) is 54.3 cm³/mol. The third-order valence-corrected chi connectivity index (χ3v) is 2.00. The average Bonchev–Trinajstić information content (AvgIpc) is 2.01. The Bertz CT molecular complexity index is 352. The second kappa shape index (κ2) is 4.53. The zero-order chi connectivity index (χ0) is 10.7. The van der Waals surface area contributed by atoms with Crippen molar-refractivity contribution in [1.82, 2.24) is 4.90 Å². The van der Waals surface area contributed by atoms with Crippen molar-refractivity contribution in [3.8, 4) is 0 Å². The van der Waals surface area contributed by atoms with Crippen LogP contribution in [0, 0.1) is 5.82 Å². The Hall–Kier alpha value is -0.930. The van der Waals surface area contributed by atoms with Crippen LogP contribution in [0.1, 0.15) is 10.4 Å². The van der Waals surface area contributed by atoms with Gasteiger partial charge in [0.1, 0.15) is 5.82 Å². The van der Waals surface area contributed by atoms with E-state index in [2.05, 4.69) is 0 Å². The maximum absolute atomic E-state index is 12.7. The molecule has 0 aromatic heterocycles. The summed E-state index contributed by atoms with van der Waals surface area (Å²) in [4.78, 5) is 13.3. The molecular weight excluding hydrogens is 205 g/mol. The maximum atomic E-state index is 12.7. The van der Waals surface area contributed by atoms with Crippen LogP contribution >= 0.6 is 11.6 Å². The van der Waals surface area contributed by atoms with Gasteiger partial charge in [-0.15, -0.1) is 0 Å². The van der Waals surface area contributed by atoms with Gasteiger partial charge in [-0.2, -0.15) is 0 Å². The van der Waals surface area contributed by atoms with E-state index in [1.54, 1.807) is 19.0 Å². The summed E-state index contributed by atoms with van der Waals surface area (Å²) in [6.07, 6.45) is 0. The average molecular weight is 216 g/mol. The standard InChI is InChI=1S/C10H11ClFNO/c1-13(2)6-10(14)8-4-3-7(12)5-9(8)11/h3-5H,6H2,1-2H3. The van der Waals surface area contributed by atoms with E-state index >= 15 is 0 Å². The Morgan fingerprint density at radius 1 is 1.50 bits per heavy atom. The molecule has 1 rings (SSSR count). The maximum Gasteiger partial charge on any atom is 0.178 e. The smallest absolute Gasteiger partial charge is 0.178 e. The third-order valence-electron chi connectivity index (χ3n) is 1.69. The van der Waals surface area contributed by atoms with Gasteiger partial charge in [-0.3, -0.25) is 4.79 Å². The number of hydrogen-bond donors (Lipinski definition) is 0. The fourth-order valence-corrected chi connectivity index (χ4v) is 1.36. The number of carbonyl (C=O) groups is 1. The van der Waals surface area contributed by atoms with Crippen LogP contribution in [0.2, 0.25) is 5.02 Å². The molecule has 0 fully saturated rings. The van der Waals surface area contributed by atoms with Gasteiger partial charge in [0.2, 0.25) is 0 Å². The predicted octanol–water partition coefficient (Wildman–Crippen LogP) is 2.22. The Morgan fingerprint density at radius 3 is 2.64 bits per heavy atom. The Morgan fingerprint density at radius 2 is 2.14 bits per heavy atom. The van der Waals surface area contributed by atoms with Gasteiger partial charge < -0.3 is 4.90 Å². The number of hydrogen-bond acceptors (Lipinski definition) is 2. The lowest BCUT2D eigenvalue weighted by Gasteiger charge is -2.09. The quantitative estimate of drug-likeness (QED) is 0.721. The summed E-state index contributed by atoms with van der Waals surface area (Å²) in [5.74, 6) is -0.545. The van der Waals surface area contributed by atoms with Crippen molar-refractivity contribution in [3.63, 3.8) is 0 Å². The Balaban J connectivity index is 2.90. The summed E-state index contributed by atoms with van der Waals surface area (Å²) in [7, 11) is 3.57. The van der Waals surface area contributed by atoms with Crippen molar-refractivity contribution in [2.45, 2.75) is 0 Å². The highest BCUT2D eigenvalue weighted by Crippen LogP contribution is 2.17. The summed E-state index contributed by atoms with van der Waals surface area (Å²) >= 11 is 5.73. The van der Waals surface area contributed by atoms with Crippen LogP contribution in [-0.2, 0) is 0 Å². The first-order chi connectivity index (χ1) is 6.50. The number of benzene rings is 1. The number of carbonyl (C=O) groups excluding carboxylic acids is 1. The van der Waals surface area contributed by atoms with Crippen LogP contribution in [0.15, 0.2) is 18.2 Å². The van der Waals surface area contributed by atoms with E-state index < -0.39 is 5.82 Å². The molecule has 0 heterocycles. The first-order valence-corrected chi connectivity index (χ1v) is 4.51. The molecule has 0 aliphatic heterocycles. The molecule has 76 valence electrons.